The van der Waals surface area contributed by atoms with E-state index in [-0.39, 0.29) is 0 Å². The van der Waals surface area contributed by atoms with Gasteiger partial charge in [-0.2, -0.15) is 0 Å². The van der Waals surface area contributed by atoms with E-state index in [9.17, 15) is 0 Å². The summed E-state index contributed by atoms with van der Waals surface area (Å²) in [6, 6.07) is 6.11. The third kappa shape index (κ3) is 2.60. The van der Waals surface area contributed by atoms with Crippen LogP contribution in [0.25, 0.3) is 0 Å². The fourth-order valence-corrected chi connectivity index (χ4v) is 1.49. The molecule has 2 rings (SSSR count). The summed E-state index contributed by atoms with van der Waals surface area (Å²) in [5.41, 5.74) is 9.05. The number of hydrogen-bond donors (Lipinski definition) is 1. The smallest absolute Gasteiger partial charge is 0.0312 e. The normalized spacial score (nSPS) is 10.2. The van der Waals surface area contributed by atoms with Crippen LogP contribution in [-0.4, -0.2) is 9.97 Å². The Hall–Kier alpha value is -1.74. The molecule has 0 radical (unpaired) electrons. The zero-order valence-corrected chi connectivity index (χ0v) is 8.43. The molecule has 3 heteroatoms. The van der Waals surface area contributed by atoms with Gasteiger partial charge in [-0.15, -0.1) is 0 Å². The van der Waals surface area contributed by atoms with Crippen molar-refractivity contribution >= 4 is 0 Å². The summed E-state index contributed by atoms with van der Waals surface area (Å²) in [5.74, 6) is 0. The molecule has 0 saturated heterocycles. The van der Waals surface area contributed by atoms with Crippen LogP contribution in [-0.2, 0) is 13.0 Å². The molecule has 2 aromatic rings. The van der Waals surface area contributed by atoms with Crippen molar-refractivity contribution in [2.75, 3.05) is 0 Å². The molecule has 0 bridgehead atoms. The van der Waals surface area contributed by atoms with Gasteiger partial charge in [0, 0.05) is 31.3 Å². The summed E-state index contributed by atoms with van der Waals surface area (Å²) in [7, 11) is 0. The minimum atomic E-state index is 0.539. The standard InChI is InChI=1S/C12H13N3/c13-7-12-6-11(8-15-9-12)5-10-1-3-14-4-2-10/h1-4,6,8-9H,5,7,13H2. The van der Waals surface area contributed by atoms with Crippen LogP contribution in [0.4, 0.5) is 0 Å². The molecule has 0 amide bonds. The second-order valence-corrected chi connectivity index (χ2v) is 3.44. The van der Waals surface area contributed by atoms with Gasteiger partial charge in [0.1, 0.15) is 0 Å². The maximum Gasteiger partial charge on any atom is 0.0312 e. The molecule has 0 unspecified atom stereocenters. The summed E-state index contributed by atoms with van der Waals surface area (Å²) >= 11 is 0. The van der Waals surface area contributed by atoms with Gasteiger partial charge in [-0.25, -0.2) is 0 Å². The highest BCUT2D eigenvalue weighted by atomic mass is 14.6. The van der Waals surface area contributed by atoms with E-state index in [1.54, 1.807) is 18.6 Å². The zero-order valence-electron chi connectivity index (χ0n) is 8.43. The fourth-order valence-electron chi connectivity index (χ4n) is 1.49. The van der Waals surface area contributed by atoms with Crippen LogP contribution in [0.2, 0.25) is 0 Å². The molecule has 0 spiro atoms. The molecule has 0 aliphatic rings. The predicted molar refractivity (Wildman–Crippen MR) is 59.2 cm³/mol. The Bertz CT molecular complexity index is 426. The van der Waals surface area contributed by atoms with Crippen molar-refractivity contribution in [2.45, 2.75) is 13.0 Å². The molecule has 0 atom stereocenters. The third-order valence-corrected chi connectivity index (χ3v) is 2.24. The van der Waals surface area contributed by atoms with Crippen LogP contribution in [0, 0.1) is 0 Å². The van der Waals surface area contributed by atoms with E-state index >= 15 is 0 Å². The highest BCUT2D eigenvalue weighted by molar-refractivity contribution is 5.25. The predicted octanol–water partition coefficient (Wildman–Crippen LogP) is 1.53. The second kappa shape index (κ2) is 4.66. The molecule has 0 aliphatic carbocycles. The third-order valence-electron chi connectivity index (χ3n) is 2.24. The molecule has 0 saturated carbocycles. The number of hydrogen-bond acceptors (Lipinski definition) is 3. The van der Waals surface area contributed by atoms with Gasteiger partial charge in [0.2, 0.25) is 0 Å². The van der Waals surface area contributed by atoms with Gasteiger partial charge in [0.15, 0.2) is 0 Å². The molecule has 76 valence electrons. The topological polar surface area (TPSA) is 51.8 Å². The lowest BCUT2D eigenvalue weighted by Crippen LogP contribution is -1.98. The Morgan fingerprint density at radius 2 is 1.67 bits per heavy atom. The molecule has 2 aromatic heterocycles. The van der Waals surface area contributed by atoms with Gasteiger partial charge in [-0.1, -0.05) is 6.07 Å². The molecule has 2 N–H and O–H groups in total. The number of nitrogens with two attached hydrogens (primary N) is 1. The lowest BCUT2D eigenvalue weighted by atomic mass is 10.1. The first kappa shape index (κ1) is 9.80. The number of nitrogens with zero attached hydrogens (tertiary/aromatic N) is 2. The molecular formula is C12H13N3. The largest absolute Gasteiger partial charge is 0.326 e. The van der Waals surface area contributed by atoms with Crippen molar-refractivity contribution in [2.24, 2.45) is 5.73 Å². The van der Waals surface area contributed by atoms with E-state index in [1.165, 1.54) is 11.1 Å². The number of aromatic nitrogens is 2. The maximum atomic E-state index is 5.56. The van der Waals surface area contributed by atoms with Crippen molar-refractivity contribution in [3.8, 4) is 0 Å². The summed E-state index contributed by atoms with van der Waals surface area (Å²) < 4.78 is 0. The van der Waals surface area contributed by atoms with Gasteiger partial charge in [-0.05, 0) is 35.2 Å². The Labute approximate surface area is 89.0 Å². The number of rotatable bonds is 3. The summed E-state index contributed by atoms with van der Waals surface area (Å²) in [6.07, 6.45) is 8.16. The summed E-state index contributed by atoms with van der Waals surface area (Å²) in [5, 5.41) is 0. The van der Waals surface area contributed by atoms with E-state index in [0.29, 0.717) is 6.54 Å². The fraction of sp³-hybridized carbons (Fsp3) is 0.167. The van der Waals surface area contributed by atoms with E-state index < -0.39 is 0 Å². The monoisotopic (exact) mass is 199 g/mol. The van der Waals surface area contributed by atoms with Gasteiger partial charge < -0.3 is 5.73 Å². The van der Waals surface area contributed by atoms with Crippen molar-refractivity contribution in [1.29, 1.82) is 0 Å². The Morgan fingerprint density at radius 1 is 0.933 bits per heavy atom. The second-order valence-electron chi connectivity index (χ2n) is 3.44. The lowest BCUT2D eigenvalue weighted by molar-refractivity contribution is 1.02. The van der Waals surface area contributed by atoms with Crippen molar-refractivity contribution in [3.05, 3.63) is 59.7 Å². The number of pyridine rings is 2. The summed E-state index contributed by atoms with van der Waals surface area (Å²) in [4.78, 5) is 8.14. The Kier molecular flexibility index (Phi) is 3.05. The van der Waals surface area contributed by atoms with Crippen LogP contribution in [0.5, 0.6) is 0 Å². The zero-order chi connectivity index (χ0) is 10.5. The van der Waals surface area contributed by atoms with E-state index in [1.807, 2.05) is 18.3 Å². The highest BCUT2D eigenvalue weighted by Gasteiger charge is 1.97. The van der Waals surface area contributed by atoms with Crippen molar-refractivity contribution in [3.63, 3.8) is 0 Å². The molecule has 0 aromatic carbocycles. The van der Waals surface area contributed by atoms with Crippen molar-refractivity contribution < 1.29 is 0 Å². The Balaban J connectivity index is 2.17. The molecule has 0 aliphatic heterocycles. The molecule has 3 nitrogen and oxygen atoms in total. The summed E-state index contributed by atoms with van der Waals surface area (Å²) in [6.45, 7) is 0.539. The van der Waals surface area contributed by atoms with Crippen LogP contribution in [0.3, 0.4) is 0 Å². The van der Waals surface area contributed by atoms with Gasteiger partial charge in [0.25, 0.3) is 0 Å². The maximum absolute atomic E-state index is 5.56. The lowest BCUT2D eigenvalue weighted by Gasteiger charge is -2.02. The molecule has 2 heterocycles. The molecule has 0 fully saturated rings. The van der Waals surface area contributed by atoms with Crippen LogP contribution in [0.15, 0.2) is 43.0 Å². The van der Waals surface area contributed by atoms with Crippen molar-refractivity contribution in [1.82, 2.24) is 9.97 Å². The first-order chi connectivity index (χ1) is 7.38. The first-order valence-corrected chi connectivity index (χ1v) is 4.90. The molecule has 15 heavy (non-hydrogen) atoms. The minimum Gasteiger partial charge on any atom is -0.326 e. The van der Waals surface area contributed by atoms with Crippen LogP contribution >= 0.6 is 0 Å². The van der Waals surface area contributed by atoms with Crippen LogP contribution in [0.1, 0.15) is 16.7 Å². The first-order valence-electron chi connectivity index (χ1n) is 4.90. The van der Waals surface area contributed by atoms with Crippen LogP contribution < -0.4 is 5.73 Å². The SMILES string of the molecule is NCc1cncc(Cc2ccncc2)c1. The van der Waals surface area contributed by atoms with E-state index in [2.05, 4.69) is 16.0 Å². The van der Waals surface area contributed by atoms with Gasteiger partial charge in [-0.3, -0.25) is 9.97 Å². The minimum absolute atomic E-state index is 0.539. The highest BCUT2D eigenvalue weighted by Crippen LogP contribution is 2.08. The molecular weight excluding hydrogens is 186 g/mol. The van der Waals surface area contributed by atoms with E-state index in [4.69, 9.17) is 5.73 Å². The Morgan fingerprint density at radius 3 is 2.40 bits per heavy atom. The van der Waals surface area contributed by atoms with Gasteiger partial charge >= 0.3 is 0 Å². The average molecular weight is 199 g/mol. The quantitative estimate of drug-likeness (QED) is 0.815. The average Bonchev–Trinajstić information content (AvgIpc) is 2.31. The van der Waals surface area contributed by atoms with Gasteiger partial charge in [0.05, 0.1) is 0 Å². The van der Waals surface area contributed by atoms with E-state index in [0.717, 1.165) is 12.0 Å².